The van der Waals surface area contributed by atoms with Gasteiger partial charge < -0.3 is 10.0 Å². The van der Waals surface area contributed by atoms with Crippen LogP contribution in [0.15, 0.2) is 18.2 Å². The molecule has 1 rings (SSSR count). The Morgan fingerprint density at radius 1 is 1.38 bits per heavy atom. The molecule has 1 aromatic heterocycles. The molecule has 0 aromatic carbocycles. The van der Waals surface area contributed by atoms with E-state index in [4.69, 9.17) is 10.0 Å². The van der Waals surface area contributed by atoms with Crippen molar-refractivity contribution in [1.82, 2.24) is 4.98 Å². The zero-order chi connectivity index (χ0) is 9.84. The Labute approximate surface area is 77.9 Å². The van der Waals surface area contributed by atoms with E-state index in [0.29, 0.717) is 0 Å². The molecule has 0 fully saturated rings. The maximum Gasteiger partial charge on any atom is 0.480 e. The fourth-order valence-electron chi connectivity index (χ4n) is 0.953. The maximum absolute atomic E-state index is 8.59. The molecule has 0 spiro atoms. The van der Waals surface area contributed by atoms with Gasteiger partial charge in [0.1, 0.15) is 0 Å². The smallest absolute Gasteiger partial charge is 0.424 e. The van der Waals surface area contributed by atoms with Gasteiger partial charge in [-0.1, -0.05) is 12.1 Å². The van der Waals surface area contributed by atoms with Crippen molar-refractivity contribution in [2.75, 3.05) is 0 Å². The normalized spacial score (nSPS) is 10.8. The van der Waals surface area contributed by atoms with Gasteiger partial charge in [-0.2, -0.15) is 0 Å². The second-order valence-corrected chi connectivity index (χ2v) is 2.94. The molecule has 3 nitrogen and oxygen atoms in total. The molecule has 0 atom stereocenters. The standard InChI is InChI=1S/C9H12BNO2/c1-7-5-9(3-4-10(12)13)6-11-8(7)2/h3-6,12-13H,1-2H3/b4-3+. The third-order valence-electron chi connectivity index (χ3n) is 1.82. The fraction of sp³-hybridized carbons (Fsp3) is 0.222. The van der Waals surface area contributed by atoms with Crippen LogP contribution >= 0.6 is 0 Å². The van der Waals surface area contributed by atoms with Gasteiger partial charge in [-0.25, -0.2) is 0 Å². The molecule has 1 aromatic rings. The summed E-state index contributed by atoms with van der Waals surface area (Å²) >= 11 is 0. The van der Waals surface area contributed by atoms with E-state index in [1.54, 1.807) is 12.3 Å². The van der Waals surface area contributed by atoms with Gasteiger partial charge in [-0.05, 0) is 31.0 Å². The minimum absolute atomic E-state index is 0.871. The van der Waals surface area contributed by atoms with E-state index in [2.05, 4.69) is 4.98 Å². The Morgan fingerprint density at radius 2 is 2.08 bits per heavy atom. The number of rotatable bonds is 2. The van der Waals surface area contributed by atoms with Gasteiger partial charge in [0.05, 0.1) is 0 Å². The minimum Gasteiger partial charge on any atom is -0.424 e. The van der Waals surface area contributed by atoms with E-state index >= 15 is 0 Å². The van der Waals surface area contributed by atoms with Crippen LogP contribution in [-0.2, 0) is 0 Å². The SMILES string of the molecule is Cc1cc(/C=C/B(O)O)cnc1C. The van der Waals surface area contributed by atoms with Crippen molar-refractivity contribution in [3.05, 3.63) is 35.1 Å². The average molecular weight is 177 g/mol. The Morgan fingerprint density at radius 3 is 2.62 bits per heavy atom. The quantitative estimate of drug-likeness (QED) is 0.654. The van der Waals surface area contributed by atoms with E-state index in [1.807, 2.05) is 19.9 Å². The van der Waals surface area contributed by atoms with E-state index < -0.39 is 7.12 Å². The van der Waals surface area contributed by atoms with E-state index in [-0.39, 0.29) is 0 Å². The predicted molar refractivity (Wildman–Crippen MR) is 52.9 cm³/mol. The van der Waals surface area contributed by atoms with E-state index in [0.717, 1.165) is 16.8 Å². The number of hydrogen-bond acceptors (Lipinski definition) is 3. The molecule has 0 amide bonds. The molecule has 13 heavy (non-hydrogen) atoms. The Kier molecular flexibility index (Phi) is 3.22. The highest BCUT2D eigenvalue weighted by molar-refractivity contribution is 6.48. The number of hydrogen-bond donors (Lipinski definition) is 2. The Balaban J connectivity index is 2.85. The molecule has 0 unspecified atom stereocenters. The average Bonchev–Trinajstić information content (AvgIpc) is 2.07. The summed E-state index contributed by atoms with van der Waals surface area (Å²) in [5, 5.41) is 17.2. The maximum atomic E-state index is 8.59. The van der Waals surface area contributed by atoms with E-state index in [9.17, 15) is 0 Å². The summed E-state index contributed by atoms with van der Waals surface area (Å²) in [6.07, 6.45) is 3.32. The number of pyridine rings is 1. The first-order valence-corrected chi connectivity index (χ1v) is 4.07. The lowest BCUT2D eigenvalue weighted by Crippen LogP contribution is -2.05. The molecule has 0 aliphatic heterocycles. The molecule has 0 aliphatic rings. The molecule has 0 aliphatic carbocycles. The van der Waals surface area contributed by atoms with Gasteiger partial charge in [0.2, 0.25) is 0 Å². The predicted octanol–water partition coefficient (Wildman–Crippen LogP) is 0.724. The van der Waals surface area contributed by atoms with Crippen LogP contribution in [0.5, 0.6) is 0 Å². The highest BCUT2D eigenvalue weighted by atomic mass is 16.4. The molecule has 1 heterocycles. The third kappa shape index (κ3) is 3.01. The molecular weight excluding hydrogens is 165 g/mol. The van der Waals surface area contributed by atoms with Crippen molar-refractivity contribution < 1.29 is 10.0 Å². The summed E-state index contributed by atoms with van der Waals surface area (Å²) in [6.45, 7) is 3.90. The Bertz CT molecular complexity index is 323. The van der Waals surface area contributed by atoms with Crippen LogP contribution in [0, 0.1) is 13.8 Å². The number of aromatic nitrogens is 1. The lowest BCUT2D eigenvalue weighted by atomic mass is 9.91. The summed E-state index contributed by atoms with van der Waals surface area (Å²) in [5.74, 6) is 1.30. The second kappa shape index (κ2) is 4.21. The van der Waals surface area contributed by atoms with Crippen molar-refractivity contribution >= 4 is 13.2 Å². The molecule has 0 saturated carbocycles. The van der Waals surface area contributed by atoms with Gasteiger partial charge in [0.25, 0.3) is 0 Å². The topological polar surface area (TPSA) is 53.4 Å². The van der Waals surface area contributed by atoms with Crippen LogP contribution in [0.25, 0.3) is 6.08 Å². The van der Waals surface area contributed by atoms with Crippen LogP contribution in [0.4, 0.5) is 0 Å². The van der Waals surface area contributed by atoms with Crippen molar-refractivity contribution in [2.24, 2.45) is 0 Å². The number of aryl methyl sites for hydroxylation is 2. The van der Waals surface area contributed by atoms with Gasteiger partial charge >= 0.3 is 7.12 Å². The van der Waals surface area contributed by atoms with Gasteiger partial charge in [-0.15, -0.1) is 0 Å². The first-order valence-electron chi connectivity index (χ1n) is 4.07. The fourth-order valence-corrected chi connectivity index (χ4v) is 0.953. The van der Waals surface area contributed by atoms with Crippen LogP contribution in [-0.4, -0.2) is 22.2 Å². The molecule has 0 bridgehead atoms. The molecule has 0 radical (unpaired) electrons. The van der Waals surface area contributed by atoms with E-state index in [1.165, 1.54) is 5.98 Å². The van der Waals surface area contributed by atoms with Crippen LogP contribution < -0.4 is 0 Å². The molecule has 2 N–H and O–H groups in total. The summed E-state index contributed by atoms with van der Waals surface area (Å²) in [7, 11) is -1.40. The summed E-state index contributed by atoms with van der Waals surface area (Å²) < 4.78 is 0. The highest BCUT2D eigenvalue weighted by Crippen LogP contribution is 2.07. The van der Waals surface area contributed by atoms with Crippen molar-refractivity contribution in [3.8, 4) is 0 Å². The lowest BCUT2D eigenvalue weighted by molar-refractivity contribution is 0.424. The lowest BCUT2D eigenvalue weighted by Gasteiger charge is -1.99. The van der Waals surface area contributed by atoms with Gasteiger partial charge in [0.15, 0.2) is 0 Å². The van der Waals surface area contributed by atoms with Crippen molar-refractivity contribution in [3.63, 3.8) is 0 Å². The van der Waals surface area contributed by atoms with Crippen LogP contribution in [0.2, 0.25) is 0 Å². The molecule has 0 saturated heterocycles. The number of nitrogens with zero attached hydrogens (tertiary/aromatic N) is 1. The monoisotopic (exact) mass is 177 g/mol. The second-order valence-electron chi connectivity index (χ2n) is 2.94. The Hall–Kier alpha value is -1.13. The first kappa shape index (κ1) is 9.96. The summed E-state index contributed by atoms with van der Waals surface area (Å²) in [6, 6.07) is 1.95. The van der Waals surface area contributed by atoms with Crippen molar-refractivity contribution in [1.29, 1.82) is 0 Å². The molecule has 68 valence electrons. The highest BCUT2D eigenvalue weighted by Gasteiger charge is 1.99. The summed E-state index contributed by atoms with van der Waals surface area (Å²) in [4.78, 5) is 4.14. The van der Waals surface area contributed by atoms with Crippen LogP contribution in [0.1, 0.15) is 16.8 Å². The largest absolute Gasteiger partial charge is 0.480 e. The molecule has 4 heteroatoms. The first-order chi connectivity index (χ1) is 6.09. The van der Waals surface area contributed by atoms with Gasteiger partial charge in [0, 0.05) is 11.9 Å². The van der Waals surface area contributed by atoms with Gasteiger partial charge in [-0.3, -0.25) is 4.98 Å². The zero-order valence-electron chi connectivity index (χ0n) is 7.73. The molecular formula is C9H12BNO2. The van der Waals surface area contributed by atoms with Crippen LogP contribution in [0.3, 0.4) is 0 Å². The third-order valence-corrected chi connectivity index (χ3v) is 1.82. The summed E-state index contributed by atoms with van der Waals surface area (Å²) in [5.41, 5.74) is 2.95. The minimum atomic E-state index is -1.40. The zero-order valence-corrected chi connectivity index (χ0v) is 7.73. The van der Waals surface area contributed by atoms with Crippen molar-refractivity contribution in [2.45, 2.75) is 13.8 Å².